The molecule has 0 unspecified atom stereocenters. The van der Waals surface area contributed by atoms with Gasteiger partial charge in [0.05, 0.1) is 29.4 Å². The van der Waals surface area contributed by atoms with Gasteiger partial charge in [0.1, 0.15) is 0 Å². The first-order valence-corrected chi connectivity index (χ1v) is 9.23. The Bertz CT molecular complexity index is 862. The Balaban J connectivity index is 1.90. The van der Waals surface area contributed by atoms with Crippen molar-refractivity contribution in [2.45, 2.75) is 4.90 Å². The molecule has 7 nitrogen and oxygen atoms in total. The second-order valence-electron chi connectivity index (χ2n) is 5.56. The molecule has 0 saturated carbocycles. The molecule has 132 valence electrons. The number of aromatic carboxylic acids is 1. The number of benzene rings is 2. The number of hydrogen-bond acceptors (Lipinski definition) is 5. The number of nitrogens with one attached hydrogen (secondary N) is 1. The van der Waals surface area contributed by atoms with Gasteiger partial charge < -0.3 is 14.7 Å². The summed E-state index contributed by atoms with van der Waals surface area (Å²) in [6, 6.07) is 12.4. The van der Waals surface area contributed by atoms with Crippen molar-refractivity contribution in [3.63, 3.8) is 0 Å². The molecule has 2 aromatic rings. The molecule has 8 heteroatoms. The maximum Gasteiger partial charge on any atom is 0.337 e. The predicted octanol–water partition coefficient (Wildman–Crippen LogP) is 2.02. The summed E-state index contributed by atoms with van der Waals surface area (Å²) in [4.78, 5) is 13.7. The molecule has 2 aromatic carbocycles. The third kappa shape index (κ3) is 3.92. The number of carbonyl (C=O) groups is 1. The summed E-state index contributed by atoms with van der Waals surface area (Å²) >= 11 is 0. The van der Waals surface area contributed by atoms with Gasteiger partial charge in [-0.3, -0.25) is 4.72 Å². The zero-order chi connectivity index (χ0) is 17.9. The number of anilines is 2. The summed E-state index contributed by atoms with van der Waals surface area (Å²) in [7, 11) is -3.77. The highest BCUT2D eigenvalue weighted by atomic mass is 32.2. The first-order valence-electron chi connectivity index (χ1n) is 7.75. The molecule has 1 aliphatic rings. The Kier molecular flexibility index (Phi) is 4.91. The van der Waals surface area contributed by atoms with Gasteiger partial charge in [-0.15, -0.1) is 0 Å². The van der Waals surface area contributed by atoms with Gasteiger partial charge >= 0.3 is 5.97 Å². The number of rotatable bonds is 5. The van der Waals surface area contributed by atoms with Crippen molar-refractivity contribution in [2.75, 3.05) is 35.9 Å². The predicted molar refractivity (Wildman–Crippen MR) is 93.7 cm³/mol. The van der Waals surface area contributed by atoms with E-state index in [1.165, 1.54) is 18.2 Å². The standard InChI is InChI=1S/C17H18N2O5S/c20-17(21)15-12-13(6-7-16(15)19-8-10-24-11-9-19)18-25(22,23)14-4-2-1-3-5-14/h1-7,12,18H,8-11H2,(H,20,21). The monoisotopic (exact) mass is 362 g/mol. The van der Waals surface area contributed by atoms with E-state index in [1.807, 2.05) is 4.90 Å². The molecule has 3 rings (SSSR count). The summed E-state index contributed by atoms with van der Waals surface area (Å²) in [5.74, 6) is -1.11. The minimum Gasteiger partial charge on any atom is -0.478 e. The number of carboxylic acids is 1. The molecule has 1 saturated heterocycles. The number of ether oxygens (including phenoxy) is 1. The molecule has 2 N–H and O–H groups in total. The highest BCUT2D eigenvalue weighted by molar-refractivity contribution is 7.92. The second-order valence-corrected chi connectivity index (χ2v) is 7.24. The van der Waals surface area contributed by atoms with Crippen molar-refractivity contribution in [2.24, 2.45) is 0 Å². The highest BCUT2D eigenvalue weighted by Gasteiger charge is 2.20. The minimum absolute atomic E-state index is 0.0511. The van der Waals surface area contributed by atoms with Gasteiger partial charge in [0.2, 0.25) is 0 Å². The lowest BCUT2D eigenvalue weighted by Gasteiger charge is -2.30. The first kappa shape index (κ1) is 17.2. The molecular weight excluding hydrogens is 344 g/mol. The lowest BCUT2D eigenvalue weighted by molar-refractivity contribution is 0.0696. The maximum absolute atomic E-state index is 12.4. The Morgan fingerprint density at radius 1 is 1.08 bits per heavy atom. The Labute approximate surface area is 145 Å². The topological polar surface area (TPSA) is 95.9 Å². The molecule has 0 amide bonds. The van der Waals surface area contributed by atoms with E-state index in [-0.39, 0.29) is 16.1 Å². The average Bonchev–Trinajstić information content (AvgIpc) is 2.63. The van der Waals surface area contributed by atoms with Crippen LogP contribution in [-0.2, 0) is 14.8 Å². The maximum atomic E-state index is 12.4. The summed E-state index contributed by atoms with van der Waals surface area (Å²) in [5, 5.41) is 9.50. The van der Waals surface area contributed by atoms with Crippen LogP contribution in [0.2, 0.25) is 0 Å². The molecule has 1 fully saturated rings. The van der Waals surface area contributed by atoms with Crippen LogP contribution in [0.25, 0.3) is 0 Å². The van der Waals surface area contributed by atoms with E-state index in [2.05, 4.69) is 4.72 Å². The third-order valence-corrected chi connectivity index (χ3v) is 5.28. The fraction of sp³-hybridized carbons (Fsp3) is 0.235. The number of nitrogens with zero attached hydrogens (tertiary/aromatic N) is 1. The highest BCUT2D eigenvalue weighted by Crippen LogP contribution is 2.26. The van der Waals surface area contributed by atoms with E-state index in [4.69, 9.17) is 4.74 Å². The number of carboxylic acid groups (broad SMARTS) is 1. The van der Waals surface area contributed by atoms with E-state index in [0.29, 0.717) is 32.0 Å². The van der Waals surface area contributed by atoms with E-state index in [0.717, 1.165) is 0 Å². The molecule has 0 bridgehead atoms. The van der Waals surface area contributed by atoms with Crippen molar-refractivity contribution in [3.05, 3.63) is 54.1 Å². The van der Waals surface area contributed by atoms with Crippen molar-refractivity contribution in [1.82, 2.24) is 0 Å². The zero-order valence-electron chi connectivity index (χ0n) is 13.4. The SMILES string of the molecule is O=C(O)c1cc(NS(=O)(=O)c2ccccc2)ccc1N1CCOCC1. The molecule has 0 spiro atoms. The molecular formula is C17H18N2O5S. The molecule has 0 radical (unpaired) electrons. The largest absolute Gasteiger partial charge is 0.478 e. The van der Waals surface area contributed by atoms with Crippen molar-refractivity contribution in [3.8, 4) is 0 Å². The lowest BCUT2D eigenvalue weighted by atomic mass is 10.1. The number of hydrogen-bond donors (Lipinski definition) is 2. The van der Waals surface area contributed by atoms with Crippen LogP contribution in [0.15, 0.2) is 53.4 Å². The van der Waals surface area contributed by atoms with E-state index >= 15 is 0 Å². The number of sulfonamides is 1. The quantitative estimate of drug-likeness (QED) is 0.845. The van der Waals surface area contributed by atoms with E-state index in [1.54, 1.807) is 30.3 Å². The lowest BCUT2D eigenvalue weighted by Crippen LogP contribution is -2.37. The van der Waals surface area contributed by atoms with E-state index < -0.39 is 16.0 Å². The smallest absolute Gasteiger partial charge is 0.337 e. The number of morpholine rings is 1. The molecule has 0 atom stereocenters. The fourth-order valence-electron chi connectivity index (χ4n) is 2.66. The van der Waals surface area contributed by atoms with Gasteiger partial charge in [0.15, 0.2) is 0 Å². The van der Waals surface area contributed by atoms with Gasteiger partial charge in [0, 0.05) is 18.8 Å². The van der Waals surface area contributed by atoms with Gasteiger partial charge in [-0.2, -0.15) is 0 Å². The average molecular weight is 362 g/mol. The minimum atomic E-state index is -3.77. The van der Waals surface area contributed by atoms with Gasteiger partial charge in [-0.25, -0.2) is 13.2 Å². The summed E-state index contributed by atoms with van der Waals surface area (Å²) in [6.45, 7) is 2.24. The zero-order valence-corrected chi connectivity index (χ0v) is 14.2. The van der Waals surface area contributed by atoms with Gasteiger partial charge in [-0.1, -0.05) is 18.2 Å². The van der Waals surface area contributed by atoms with Crippen molar-refractivity contribution < 1.29 is 23.1 Å². The Morgan fingerprint density at radius 2 is 1.76 bits per heavy atom. The van der Waals surface area contributed by atoms with Crippen LogP contribution in [0.4, 0.5) is 11.4 Å². The molecule has 0 aliphatic carbocycles. The van der Waals surface area contributed by atoms with Crippen LogP contribution in [0.5, 0.6) is 0 Å². The van der Waals surface area contributed by atoms with Crippen LogP contribution in [0.3, 0.4) is 0 Å². The van der Waals surface area contributed by atoms with Gasteiger partial charge in [-0.05, 0) is 30.3 Å². The molecule has 1 heterocycles. The normalized spacial score (nSPS) is 15.0. The molecule has 0 aromatic heterocycles. The molecule has 1 aliphatic heterocycles. The summed E-state index contributed by atoms with van der Waals surface area (Å²) < 4.78 is 32.5. The first-order chi connectivity index (χ1) is 12.0. The van der Waals surface area contributed by atoms with Gasteiger partial charge in [0.25, 0.3) is 10.0 Å². The Morgan fingerprint density at radius 3 is 2.40 bits per heavy atom. The van der Waals surface area contributed by atoms with Crippen molar-refractivity contribution in [1.29, 1.82) is 0 Å². The van der Waals surface area contributed by atoms with Crippen LogP contribution < -0.4 is 9.62 Å². The van der Waals surface area contributed by atoms with E-state index in [9.17, 15) is 18.3 Å². The van der Waals surface area contributed by atoms with Crippen LogP contribution in [0, 0.1) is 0 Å². The van der Waals surface area contributed by atoms with Crippen LogP contribution in [0.1, 0.15) is 10.4 Å². The third-order valence-electron chi connectivity index (χ3n) is 3.88. The fourth-order valence-corrected chi connectivity index (χ4v) is 3.74. The van der Waals surface area contributed by atoms with Crippen LogP contribution >= 0.6 is 0 Å². The van der Waals surface area contributed by atoms with Crippen LogP contribution in [-0.4, -0.2) is 45.8 Å². The molecule has 25 heavy (non-hydrogen) atoms. The summed E-state index contributed by atoms with van der Waals surface area (Å²) in [6.07, 6.45) is 0. The summed E-state index contributed by atoms with van der Waals surface area (Å²) in [5.41, 5.74) is 0.812. The Hall–Kier alpha value is -2.58. The second kappa shape index (κ2) is 7.12. The van der Waals surface area contributed by atoms with Crippen molar-refractivity contribution >= 4 is 27.4 Å².